The Hall–Kier alpha value is -0.960. The van der Waals surface area contributed by atoms with Crippen molar-refractivity contribution in [3.05, 3.63) is 24.3 Å². The molecule has 2 rings (SSSR count). The average Bonchev–Trinajstić information content (AvgIpc) is 2.17. The fraction of sp³-hybridized carbons (Fsp3) is 0.667. The van der Waals surface area contributed by atoms with Gasteiger partial charge in [-0.3, -0.25) is 0 Å². The Bertz CT molecular complexity index is 297. The van der Waals surface area contributed by atoms with Gasteiger partial charge in [0.05, 0.1) is 0 Å². The van der Waals surface area contributed by atoms with E-state index in [4.69, 9.17) is 0 Å². The zero-order valence-corrected chi connectivity index (χ0v) is 9.48. The molecule has 3 heteroatoms. The van der Waals surface area contributed by atoms with E-state index in [1.165, 1.54) is 18.4 Å². The van der Waals surface area contributed by atoms with E-state index in [0.29, 0.717) is 12.0 Å². The smallest absolute Gasteiger partial charge is 0.115 e. The zero-order valence-electron chi connectivity index (χ0n) is 9.48. The first-order valence-electron chi connectivity index (χ1n) is 5.75. The zero-order chi connectivity index (χ0) is 10.7. The van der Waals surface area contributed by atoms with Crippen LogP contribution in [0.1, 0.15) is 38.2 Å². The fourth-order valence-electron chi connectivity index (χ4n) is 2.14. The Morgan fingerprint density at radius 2 is 2.07 bits per heavy atom. The third kappa shape index (κ3) is 2.53. The second-order valence-electron chi connectivity index (χ2n) is 4.68. The first-order valence-corrected chi connectivity index (χ1v) is 5.75. The summed E-state index contributed by atoms with van der Waals surface area (Å²) in [6.45, 7) is 5.51. The maximum Gasteiger partial charge on any atom is 0.115 e. The maximum absolute atomic E-state index is 4.09. The lowest BCUT2D eigenvalue weighted by Crippen LogP contribution is -2.36. The molecular weight excluding hydrogens is 186 g/mol. The molecule has 1 aromatic heterocycles. The van der Waals surface area contributed by atoms with E-state index in [9.17, 15) is 0 Å². The Balaban J connectivity index is 1.89. The molecule has 0 spiro atoms. The molecule has 0 aromatic carbocycles. The van der Waals surface area contributed by atoms with Gasteiger partial charge < -0.3 is 5.32 Å². The summed E-state index contributed by atoms with van der Waals surface area (Å²) in [5, 5.41) is 3.51. The molecule has 1 aromatic rings. The SMILES string of the molecule is CC(C)NCC1CCC1c1cncnc1. The lowest BCUT2D eigenvalue weighted by Gasteiger charge is -2.37. The number of hydrogen-bond donors (Lipinski definition) is 1. The molecule has 0 saturated heterocycles. The lowest BCUT2D eigenvalue weighted by molar-refractivity contribution is 0.240. The minimum absolute atomic E-state index is 0.582. The number of rotatable bonds is 4. The highest BCUT2D eigenvalue weighted by atomic mass is 14.9. The number of hydrogen-bond acceptors (Lipinski definition) is 3. The third-order valence-corrected chi connectivity index (χ3v) is 3.21. The van der Waals surface area contributed by atoms with Crippen LogP contribution in [0, 0.1) is 5.92 Å². The molecule has 0 bridgehead atoms. The fourth-order valence-corrected chi connectivity index (χ4v) is 2.14. The van der Waals surface area contributed by atoms with E-state index in [2.05, 4.69) is 29.1 Å². The van der Waals surface area contributed by atoms with E-state index < -0.39 is 0 Å². The van der Waals surface area contributed by atoms with Gasteiger partial charge in [-0.2, -0.15) is 0 Å². The van der Waals surface area contributed by atoms with Crippen LogP contribution in [0.25, 0.3) is 0 Å². The standard InChI is InChI=1S/C12H19N3/c1-9(2)15-7-10-3-4-12(10)11-5-13-8-14-6-11/h5-6,8-10,12,15H,3-4,7H2,1-2H3. The van der Waals surface area contributed by atoms with Crippen LogP contribution in [-0.4, -0.2) is 22.6 Å². The lowest BCUT2D eigenvalue weighted by atomic mass is 9.70. The largest absolute Gasteiger partial charge is 0.314 e. The predicted molar refractivity (Wildman–Crippen MR) is 60.6 cm³/mol. The van der Waals surface area contributed by atoms with Gasteiger partial charge in [0.15, 0.2) is 0 Å². The molecule has 1 saturated carbocycles. The van der Waals surface area contributed by atoms with Gasteiger partial charge in [0.1, 0.15) is 6.33 Å². The van der Waals surface area contributed by atoms with Gasteiger partial charge in [0.25, 0.3) is 0 Å². The Morgan fingerprint density at radius 1 is 1.33 bits per heavy atom. The van der Waals surface area contributed by atoms with E-state index in [-0.39, 0.29) is 0 Å². The molecule has 82 valence electrons. The van der Waals surface area contributed by atoms with Crippen LogP contribution in [0.15, 0.2) is 18.7 Å². The molecular formula is C12H19N3. The van der Waals surface area contributed by atoms with Gasteiger partial charge >= 0.3 is 0 Å². The number of aromatic nitrogens is 2. The van der Waals surface area contributed by atoms with Crippen molar-refractivity contribution in [2.75, 3.05) is 6.54 Å². The molecule has 0 aliphatic heterocycles. The van der Waals surface area contributed by atoms with E-state index in [1.807, 2.05) is 12.4 Å². The van der Waals surface area contributed by atoms with Gasteiger partial charge in [-0.25, -0.2) is 9.97 Å². The quantitative estimate of drug-likeness (QED) is 0.816. The summed E-state index contributed by atoms with van der Waals surface area (Å²) in [6, 6.07) is 0.582. The molecule has 1 fully saturated rings. The van der Waals surface area contributed by atoms with Crippen LogP contribution in [-0.2, 0) is 0 Å². The van der Waals surface area contributed by atoms with E-state index in [0.717, 1.165) is 12.5 Å². The molecule has 1 N–H and O–H groups in total. The molecule has 3 nitrogen and oxygen atoms in total. The first-order chi connectivity index (χ1) is 7.27. The first kappa shape index (κ1) is 10.6. The highest BCUT2D eigenvalue weighted by Crippen LogP contribution is 2.41. The molecule has 15 heavy (non-hydrogen) atoms. The van der Waals surface area contributed by atoms with Crippen LogP contribution in [0.4, 0.5) is 0 Å². The normalized spacial score (nSPS) is 25.3. The van der Waals surface area contributed by atoms with Gasteiger partial charge in [0, 0.05) is 18.4 Å². The maximum atomic E-state index is 4.09. The topological polar surface area (TPSA) is 37.8 Å². The molecule has 0 radical (unpaired) electrons. The van der Waals surface area contributed by atoms with Crippen molar-refractivity contribution in [1.82, 2.24) is 15.3 Å². The van der Waals surface area contributed by atoms with Crippen molar-refractivity contribution in [3.8, 4) is 0 Å². The summed E-state index contributed by atoms with van der Waals surface area (Å²) >= 11 is 0. The molecule has 0 amide bonds. The minimum Gasteiger partial charge on any atom is -0.314 e. The molecule has 1 aliphatic carbocycles. The van der Waals surface area contributed by atoms with Crippen molar-refractivity contribution >= 4 is 0 Å². The van der Waals surface area contributed by atoms with Crippen LogP contribution in [0.5, 0.6) is 0 Å². The predicted octanol–water partition coefficient (Wildman–Crippen LogP) is 1.97. The highest BCUT2D eigenvalue weighted by Gasteiger charge is 2.31. The van der Waals surface area contributed by atoms with E-state index >= 15 is 0 Å². The molecule has 1 heterocycles. The van der Waals surface area contributed by atoms with Gasteiger partial charge in [-0.1, -0.05) is 13.8 Å². The van der Waals surface area contributed by atoms with Crippen molar-refractivity contribution < 1.29 is 0 Å². The summed E-state index contributed by atoms with van der Waals surface area (Å²) < 4.78 is 0. The van der Waals surface area contributed by atoms with Gasteiger partial charge in [-0.15, -0.1) is 0 Å². The molecule has 1 aliphatic rings. The Labute approximate surface area is 91.3 Å². The summed E-state index contributed by atoms with van der Waals surface area (Å²) in [6.07, 6.45) is 8.14. The minimum atomic E-state index is 0.582. The summed E-state index contributed by atoms with van der Waals surface area (Å²) in [4.78, 5) is 8.17. The average molecular weight is 205 g/mol. The molecule has 2 unspecified atom stereocenters. The summed E-state index contributed by atoms with van der Waals surface area (Å²) in [5.41, 5.74) is 1.30. The van der Waals surface area contributed by atoms with Gasteiger partial charge in [0.2, 0.25) is 0 Å². The Kier molecular flexibility index (Phi) is 3.31. The number of nitrogens with one attached hydrogen (secondary N) is 1. The third-order valence-electron chi connectivity index (χ3n) is 3.21. The second kappa shape index (κ2) is 4.71. The highest BCUT2D eigenvalue weighted by molar-refractivity contribution is 5.15. The van der Waals surface area contributed by atoms with Crippen LogP contribution in [0.3, 0.4) is 0 Å². The number of nitrogens with zero attached hydrogens (tertiary/aromatic N) is 2. The monoisotopic (exact) mass is 205 g/mol. The van der Waals surface area contributed by atoms with Crippen molar-refractivity contribution in [2.24, 2.45) is 5.92 Å². The second-order valence-corrected chi connectivity index (χ2v) is 4.68. The van der Waals surface area contributed by atoms with E-state index in [1.54, 1.807) is 6.33 Å². The van der Waals surface area contributed by atoms with Crippen molar-refractivity contribution in [3.63, 3.8) is 0 Å². The van der Waals surface area contributed by atoms with Crippen molar-refractivity contribution in [2.45, 2.75) is 38.6 Å². The molecule has 2 atom stereocenters. The van der Waals surface area contributed by atoms with Crippen LogP contribution >= 0.6 is 0 Å². The van der Waals surface area contributed by atoms with Gasteiger partial charge in [-0.05, 0) is 36.8 Å². The summed E-state index contributed by atoms with van der Waals surface area (Å²) in [5.74, 6) is 1.45. The summed E-state index contributed by atoms with van der Waals surface area (Å²) in [7, 11) is 0. The van der Waals surface area contributed by atoms with Crippen molar-refractivity contribution in [1.29, 1.82) is 0 Å². The van der Waals surface area contributed by atoms with Crippen LogP contribution in [0.2, 0.25) is 0 Å². The Morgan fingerprint density at radius 3 is 2.60 bits per heavy atom. The van der Waals surface area contributed by atoms with Crippen LogP contribution < -0.4 is 5.32 Å².